The monoisotopic (exact) mass is 518 g/mol. The first-order valence-electron chi connectivity index (χ1n) is 13.6. The van der Waals surface area contributed by atoms with Gasteiger partial charge < -0.3 is 25.5 Å². The normalized spacial score (nSPS) is 49.2. The molecule has 1 spiro atoms. The summed E-state index contributed by atoms with van der Waals surface area (Å²) in [4.78, 5) is 40.2. The van der Waals surface area contributed by atoms with Gasteiger partial charge in [-0.3, -0.25) is 14.4 Å². The van der Waals surface area contributed by atoms with Crippen molar-refractivity contribution in [3.8, 4) is 0 Å². The summed E-state index contributed by atoms with van der Waals surface area (Å²) in [6, 6.07) is 0. The number of aliphatic hydroxyl groups is 5. The number of aliphatic hydroxyl groups excluding tert-OH is 3. The Morgan fingerprint density at radius 2 is 1.78 bits per heavy atom. The van der Waals surface area contributed by atoms with Crippen molar-refractivity contribution >= 4 is 17.3 Å². The second-order valence-electron chi connectivity index (χ2n) is 14.3. The van der Waals surface area contributed by atoms with Crippen molar-refractivity contribution in [2.24, 2.45) is 39.4 Å². The fourth-order valence-electron chi connectivity index (χ4n) is 9.70. The van der Waals surface area contributed by atoms with Crippen molar-refractivity contribution in [1.82, 2.24) is 0 Å². The minimum Gasteiger partial charge on any atom is -0.393 e. The van der Waals surface area contributed by atoms with Gasteiger partial charge in [-0.1, -0.05) is 25.5 Å². The third kappa shape index (κ3) is 3.11. The molecule has 0 aromatic carbocycles. The molecule has 4 fully saturated rings. The minimum absolute atomic E-state index is 0.00644. The number of hydrogen-bond donors (Lipinski definition) is 5. The molecule has 0 saturated heterocycles. The largest absolute Gasteiger partial charge is 0.393 e. The predicted molar refractivity (Wildman–Crippen MR) is 133 cm³/mol. The molecule has 8 heteroatoms. The van der Waals surface area contributed by atoms with Crippen molar-refractivity contribution in [3.63, 3.8) is 0 Å². The van der Waals surface area contributed by atoms with Gasteiger partial charge in [0.2, 0.25) is 0 Å². The molecule has 10 atom stereocenters. The zero-order valence-corrected chi connectivity index (χ0v) is 22.7. The summed E-state index contributed by atoms with van der Waals surface area (Å²) in [7, 11) is 0. The summed E-state index contributed by atoms with van der Waals surface area (Å²) in [6.07, 6.45) is -0.682. The van der Waals surface area contributed by atoms with Crippen LogP contribution in [0.1, 0.15) is 80.1 Å². The van der Waals surface area contributed by atoms with E-state index in [9.17, 15) is 39.9 Å². The average Bonchev–Trinajstić information content (AvgIpc) is 2.94. The highest BCUT2D eigenvalue weighted by Crippen LogP contribution is 2.80. The molecule has 1 unspecified atom stereocenters. The van der Waals surface area contributed by atoms with Crippen LogP contribution in [0, 0.1) is 39.4 Å². The van der Waals surface area contributed by atoms with E-state index in [1.807, 2.05) is 20.8 Å². The summed E-state index contributed by atoms with van der Waals surface area (Å²) in [5.74, 6) is -2.17. The lowest BCUT2D eigenvalue weighted by molar-refractivity contribution is -0.252. The Morgan fingerprint density at radius 1 is 1.16 bits per heavy atom. The lowest BCUT2D eigenvalue weighted by Gasteiger charge is -2.70. The molecule has 4 saturated carbocycles. The molecule has 8 nitrogen and oxygen atoms in total. The third-order valence-electron chi connectivity index (χ3n) is 11.9. The van der Waals surface area contributed by atoms with Gasteiger partial charge in [0.05, 0.1) is 17.8 Å². The van der Waals surface area contributed by atoms with Gasteiger partial charge in [-0.2, -0.15) is 0 Å². The Kier molecular flexibility index (Phi) is 5.57. The van der Waals surface area contributed by atoms with Gasteiger partial charge in [0, 0.05) is 29.6 Å². The van der Waals surface area contributed by atoms with E-state index in [2.05, 4.69) is 13.0 Å². The second kappa shape index (κ2) is 7.60. The Hall–Kier alpha value is -1.45. The summed E-state index contributed by atoms with van der Waals surface area (Å²) < 4.78 is 0. The molecule has 0 aromatic rings. The first-order chi connectivity index (χ1) is 16.8. The van der Waals surface area contributed by atoms with Crippen LogP contribution in [0.4, 0.5) is 0 Å². The van der Waals surface area contributed by atoms with E-state index in [1.54, 1.807) is 0 Å². The van der Waals surface area contributed by atoms with E-state index in [-0.39, 0.29) is 42.7 Å². The summed E-state index contributed by atoms with van der Waals surface area (Å²) in [5, 5.41) is 53.9. The van der Waals surface area contributed by atoms with Gasteiger partial charge in [0.1, 0.15) is 17.5 Å². The fraction of sp³-hybridized carbons (Fsp3) is 0.828. The lowest BCUT2D eigenvalue weighted by Crippen LogP contribution is -2.74. The highest BCUT2D eigenvalue weighted by molar-refractivity contribution is 5.95. The molecular formula is C29H42O8. The van der Waals surface area contributed by atoms with Crippen LogP contribution in [0.15, 0.2) is 11.6 Å². The van der Waals surface area contributed by atoms with E-state index in [1.165, 1.54) is 13.8 Å². The minimum atomic E-state index is -1.87. The van der Waals surface area contributed by atoms with Crippen molar-refractivity contribution < 1.29 is 39.9 Å². The van der Waals surface area contributed by atoms with E-state index in [0.717, 1.165) is 5.57 Å². The van der Waals surface area contributed by atoms with Crippen molar-refractivity contribution in [1.29, 1.82) is 0 Å². The molecule has 37 heavy (non-hydrogen) atoms. The van der Waals surface area contributed by atoms with Gasteiger partial charge in [-0.25, -0.2) is 0 Å². The van der Waals surface area contributed by atoms with E-state index < -0.39 is 69.3 Å². The zero-order valence-electron chi connectivity index (χ0n) is 22.7. The standard InChI is InChI=1S/C29H42O8/c1-24(2)14-7-8-18-26(5)11-17(31)22-28(26,13-29(22,37)20(33)10-19(32)25(3,4)36)12-21(34)27(18,6)15(14)9-16(30)23(24)35/h7,15-19,22,30-32,36-37H,8-13H2,1-6H3/t15-,16+,17-,18+,19?,22+,26+,27+,28+,29+/m1/s1. The van der Waals surface area contributed by atoms with E-state index in [0.29, 0.717) is 12.8 Å². The van der Waals surface area contributed by atoms with Gasteiger partial charge in [0.25, 0.3) is 0 Å². The number of fused-ring (bicyclic) bond motifs is 4. The molecule has 5 aliphatic rings. The molecule has 0 heterocycles. The Bertz CT molecular complexity index is 1100. The molecule has 5 rings (SSSR count). The van der Waals surface area contributed by atoms with Gasteiger partial charge >= 0.3 is 0 Å². The Balaban J connectivity index is 1.53. The smallest absolute Gasteiger partial charge is 0.170 e. The number of rotatable bonds is 4. The van der Waals surface area contributed by atoms with Crippen LogP contribution in [0.5, 0.6) is 0 Å². The first kappa shape index (κ1) is 27.1. The average molecular weight is 519 g/mol. The molecule has 5 aliphatic carbocycles. The van der Waals surface area contributed by atoms with Gasteiger partial charge in [0.15, 0.2) is 11.6 Å². The Morgan fingerprint density at radius 3 is 2.38 bits per heavy atom. The number of Topliss-reactive ketones (excluding diaryl/α,β-unsaturated/α-hetero) is 3. The molecule has 0 amide bonds. The number of hydrogen-bond acceptors (Lipinski definition) is 8. The van der Waals surface area contributed by atoms with Crippen LogP contribution >= 0.6 is 0 Å². The van der Waals surface area contributed by atoms with Crippen LogP contribution in [-0.4, -0.2) is 72.4 Å². The summed E-state index contributed by atoms with van der Waals surface area (Å²) in [5.41, 5.74) is -5.51. The van der Waals surface area contributed by atoms with E-state index >= 15 is 0 Å². The molecular weight excluding hydrogens is 476 g/mol. The second-order valence-corrected chi connectivity index (χ2v) is 14.3. The summed E-state index contributed by atoms with van der Waals surface area (Å²) >= 11 is 0. The maximum atomic E-state index is 14.2. The van der Waals surface area contributed by atoms with Gasteiger partial charge in [-0.15, -0.1) is 0 Å². The van der Waals surface area contributed by atoms with Crippen LogP contribution < -0.4 is 0 Å². The quantitative estimate of drug-likeness (QED) is 0.351. The highest BCUT2D eigenvalue weighted by atomic mass is 16.3. The maximum Gasteiger partial charge on any atom is 0.170 e. The molecule has 0 radical (unpaired) electrons. The predicted octanol–water partition coefficient (Wildman–Crippen LogP) is 1.49. The number of carbonyl (C=O) groups is 3. The van der Waals surface area contributed by atoms with Gasteiger partial charge in [-0.05, 0) is 76.0 Å². The lowest BCUT2D eigenvalue weighted by atomic mass is 9.33. The topological polar surface area (TPSA) is 152 Å². The van der Waals surface area contributed by atoms with Crippen LogP contribution in [0.3, 0.4) is 0 Å². The number of ketones is 3. The molecule has 206 valence electrons. The molecule has 0 aromatic heterocycles. The maximum absolute atomic E-state index is 14.2. The number of allylic oxidation sites excluding steroid dienone is 2. The van der Waals surface area contributed by atoms with Crippen molar-refractivity contribution in [3.05, 3.63) is 11.6 Å². The van der Waals surface area contributed by atoms with Crippen LogP contribution in [0.2, 0.25) is 0 Å². The van der Waals surface area contributed by atoms with Crippen molar-refractivity contribution in [2.45, 2.75) is 110 Å². The number of carbonyl (C=O) groups excluding carboxylic acids is 3. The molecule has 5 N–H and O–H groups in total. The molecule has 0 bridgehead atoms. The Labute approximate surface area is 218 Å². The SMILES string of the molecule is CC1(C)C(=O)[C@@H](O)C[C@@H]2C1=CC[C@@H]1[C@@]2(C)C(=O)C[C@]23C[C@](O)(C(=O)CC(O)C(C)(C)O)[C@H]2[C@H](O)C[C@@]13C. The van der Waals surface area contributed by atoms with E-state index in [4.69, 9.17) is 0 Å². The summed E-state index contributed by atoms with van der Waals surface area (Å²) in [6.45, 7) is 10.4. The van der Waals surface area contributed by atoms with Crippen LogP contribution in [-0.2, 0) is 14.4 Å². The van der Waals surface area contributed by atoms with Crippen molar-refractivity contribution in [2.75, 3.05) is 0 Å². The first-order valence-corrected chi connectivity index (χ1v) is 13.6. The van der Waals surface area contributed by atoms with Crippen LogP contribution in [0.25, 0.3) is 0 Å². The molecule has 0 aliphatic heterocycles. The highest BCUT2D eigenvalue weighted by Gasteiger charge is 2.82. The fourth-order valence-corrected chi connectivity index (χ4v) is 9.70. The zero-order chi connectivity index (χ0) is 27.7. The third-order valence-corrected chi connectivity index (χ3v) is 11.9.